The van der Waals surface area contributed by atoms with E-state index in [1.165, 1.54) is 17.1 Å². The van der Waals surface area contributed by atoms with E-state index in [-0.39, 0.29) is 11.9 Å². The van der Waals surface area contributed by atoms with E-state index in [0.29, 0.717) is 25.7 Å². The zero-order valence-electron chi connectivity index (χ0n) is 18.7. The molecule has 6 nitrogen and oxygen atoms in total. The molecular weight excluding hydrogens is 413 g/mol. The summed E-state index contributed by atoms with van der Waals surface area (Å²) in [6, 6.07) is 6.86. The fourth-order valence-electron chi connectivity index (χ4n) is 3.54. The highest BCUT2D eigenvalue weighted by molar-refractivity contribution is 7.09. The van der Waals surface area contributed by atoms with Crippen molar-refractivity contribution in [2.75, 3.05) is 45.9 Å². The van der Waals surface area contributed by atoms with Gasteiger partial charge in [-0.15, -0.1) is 11.3 Å². The van der Waals surface area contributed by atoms with Gasteiger partial charge in [-0.3, -0.25) is 9.89 Å². The van der Waals surface area contributed by atoms with Gasteiger partial charge >= 0.3 is 0 Å². The third-order valence-electron chi connectivity index (χ3n) is 5.24. The SMILES string of the molecule is CCNC(=NCC(c1ccc(F)cc1)N1CCOCC1)NCCc1csc(C(C)C)n1. The van der Waals surface area contributed by atoms with Gasteiger partial charge in [0.2, 0.25) is 0 Å². The van der Waals surface area contributed by atoms with Gasteiger partial charge in [0, 0.05) is 43.9 Å². The molecule has 1 aliphatic heterocycles. The van der Waals surface area contributed by atoms with Gasteiger partial charge in [0.05, 0.1) is 36.5 Å². The fourth-order valence-corrected chi connectivity index (χ4v) is 4.41. The van der Waals surface area contributed by atoms with Gasteiger partial charge in [0.15, 0.2) is 5.96 Å². The van der Waals surface area contributed by atoms with E-state index in [0.717, 1.165) is 49.8 Å². The molecule has 2 heterocycles. The Morgan fingerprint density at radius 1 is 1.23 bits per heavy atom. The summed E-state index contributed by atoms with van der Waals surface area (Å²) in [5.41, 5.74) is 2.20. The van der Waals surface area contributed by atoms with Gasteiger partial charge in [-0.1, -0.05) is 26.0 Å². The number of thiazole rings is 1. The highest BCUT2D eigenvalue weighted by Crippen LogP contribution is 2.23. The number of aromatic nitrogens is 1. The summed E-state index contributed by atoms with van der Waals surface area (Å²) in [5.74, 6) is 1.04. The number of nitrogens with zero attached hydrogens (tertiary/aromatic N) is 3. The van der Waals surface area contributed by atoms with E-state index in [9.17, 15) is 4.39 Å². The summed E-state index contributed by atoms with van der Waals surface area (Å²) in [4.78, 5) is 11.9. The number of benzene rings is 1. The van der Waals surface area contributed by atoms with E-state index in [1.54, 1.807) is 11.3 Å². The number of nitrogens with one attached hydrogen (secondary N) is 2. The molecule has 2 aromatic rings. The number of aliphatic imine (C=N–C) groups is 1. The minimum absolute atomic E-state index is 0.0899. The van der Waals surface area contributed by atoms with Crippen molar-refractivity contribution in [1.29, 1.82) is 0 Å². The van der Waals surface area contributed by atoms with Crippen molar-refractivity contribution < 1.29 is 9.13 Å². The summed E-state index contributed by atoms with van der Waals surface area (Å²) in [6.07, 6.45) is 0.860. The van der Waals surface area contributed by atoms with Crippen LogP contribution in [0.1, 0.15) is 49.0 Å². The summed E-state index contributed by atoms with van der Waals surface area (Å²) < 4.78 is 19.0. The van der Waals surface area contributed by atoms with Crippen LogP contribution in [0.15, 0.2) is 34.6 Å². The van der Waals surface area contributed by atoms with Crippen LogP contribution in [-0.4, -0.2) is 61.8 Å². The van der Waals surface area contributed by atoms with Crippen LogP contribution in [0.4, 0.5) is 4.39 Å². The van der Waals surface area contributed by atoms with Crippen molar-refractivity contribution >= 4 is 17.3 Å². The average molecular weight is 448 g/mol. The van der Waals surface area contributed by atoms with E-state index < -0.39 is 0 Å². The highest BCUT2D eigenvalue weighted by atomic mass is 32.1. The number of halogens is 1. The highest BCUT2D eigenvalue weighted by Gasteiger charge is 2.22. The number of hydrogen-bond donors (Lipinski definition) is 2. The maximum absolute atomic E-state index is 13.4. The molecule has 8 heteroatoms. The first-order valence-electron chi connectivity index (χ1n) is 11.1. The molecule has 0 aliphatic carbocycles. The van der Waals surface area contributed by atoms with E-state index >= 15 is 0 Å². The maximum atomic E-state index is 13.4. The number of rotatable bonds is 9. The number of guanidine groups is 1. The Kier molecular flexibility index (Phi) is 9.24. The molecule has 1 fully saturated rings. The van der Waals surface area contributed by atoms with Gasteiger partial charge in [0.25, 0.3) is 0 Å². The molecule has 1 unspecified atom stereocenters. The van der Waals surface area contributed by atoms with Crippen molar-refractivity contribution in [1.82, 2.24) is 20.5 Å². The molecule has 0 saturated carbocycles. The minimum Gasteiger partial charge on any atom is -0.379 e. The molecule has 170 valence electrons. The molecule has 2 N–H and O–H groups in total. The molecule has 1 saturated heterocycles. The van der Waals surface area contributed by atoms with Gasteiger partial charge in [-0.05, 0) is 24.6 Å². The second kappa shape index (κ2) is 12.1. The number of hydrogen-bond acceptors (Lipinski definition) is 5. The Hall–Kier alpha value is -2.03. The molecule has 0 spiro atoms. The number of morpholine rings is 1. The first-order valence-corrected chi connectivity index (χ1v) is 12.0. The van der Waals surface area contributed by atoms with Crippen LogP contribution >= 0.6 is 11.3 Å². The monoisotopic (exact) mass is 447 g/mol. The molecule has 0 radical (unpaired) electrons. The molecule has 3 rings (SSSR count). The van der Waals surface area contributed by atoms with E-state index in [2.05, 4.69) is 41.7 Å². The molecule has 1 atom stereocenters. The standard InChI is InChI=1S/C23H34FN5OS/c1-4-25-23(26-10-9-20-16-31-22(28-20)17(2)3)27-15-21(29-11-13-30-14-12-29)18-5-7-19(24)8-6-18/h5-8,16-17,21H,4,9-15H2,1-3H3,(H2,25,26,27). The number of ether oxygens (including phenoxy) is 1. The lowest BCUT2D eigenvalue weighted by atomic mass is 10.0. The van der Waals surface area contributed by atoms with Gasteiger partial charge in [-0.25, -0.2) is 9.37 Å². The van der Waals surface area contributed by atoms with Crippen LogP contribution in [0.25, 0.3) is 0 Å². The normalized spacial score (nSPS) is 16.5. The smallest absolute Gasteiger partial charge is 0.191 e. The Balaban J connectivity index is 1.63. The van der Waals surface area contributed by atoms with E-state index in [1.807, 2.05) is 12.1 Å². The second-order valence-electron chi connectivity index (χ2n) is 7.94. The van der Waals surface area contributed by atoms with Crippen molar-refractivity contribution in [2.24, 2.45) is 4.99 Å². The van der Waals surface area contributed by atoms with Crippen LogP contribution in [0, 0.1) is 5.82 Å². The molecule has 1 aliphatic rings. The molecule has 0 amide bonds. The third-order valence-corrected chi connectivity index (χ3v) is 6.44. The first-order chi connectivity index (χ1) is 15.1. The summed E-state index contributed by atoms with van der Waals surface area (Å²) in [7, 11) is 0. The van der Waals surface area contributed by atoms with Crippen LogP contribution in [0.2, 0.25) is 0 Å². The van der Waals surface area contributed by atoms with Crippen LogP contribution in [0.5, 0.6) is 0 Å². The van der Waals surface area contributed by atoms with Gasteiger partial charge < -0.3 is 15.4 Å². The van der Waals surface area contributed by atoms with Crippen molar-refractivity contribution in [3.8, 4) is 0 Å². The predicted molar refractivity (Wildman–Crippen MR) is 125 cm³/mol. The first kappa shape index (κ1) is 23.6. The largest absolute Gasteiger partial charge is 0.379 e. The Morgan fingerprint density at radius 2 is 1.97 bits per heavy atom. The predicted octanol–water partition coefficient (Wildman–Crippen LogP) is 3.58. The van der Waals surface area contributed by atoms with Crippen LogP contribution < -0.4 is 10.6 Å². The Morgan fingerprint density at radius 3 is 2.61 bits per heavy atom. The average Bonchev–Trinajstić information content (AvgIpc) is 3.25. The quantitative estimate of drug-likeness (QED) is 0.455. The summed E-state index contributed by atoms with van der Waals surface area (Å²) in [5, 5.41) is 10.1. The lowest BCUT2D eigenvalue weighted by molar-refractivity contribution is 0.0179. The zero-order chi connectivity index (χ0) is 22.1. The molecule has 31 heavy (non-hydrogen) atoms. The topological polar surface area (TPSA) is 61.8 Å². The molecule has 1 aromatic carbocycles. The van der Waals surface area contributed by atoms with Crippen LogP contribution in [0.3, 0.4) is 0 Å². The Labute approximate surface area is 188 Å². The second-order valence-corrected chi connectivity index (χ2v) is 8.83. The van der Waals surface area contributed by atoms with Gasteiger partial charge in [-0.2, -0.15) is 0 Å². The van der Waals surface area contributed by atoms with Crippen molar-refractivity contribution in [3.05, 3.63) is 51.7 Å². The Bertz CT molecular complexity index is 818. The minimum atomic E-state index is -0.217. The lowest BCUT2D eigenvalue weighted by Crippen LogP contribution is -2.42. The van der Waals surface area contributed by atoms with Crippen molar-refractivity contribution in [2.45, 2.75) is 39.2 Å². The molecule has 1 aromatic heterocycles. The lowest BCUT2D eigenvalue weighted by Gasteiger charge is -2.34. The maximum Gasteiger partial charge on any atom is 0.191 e. The third kappa shape index (κ3) is 7.26. The molecule has 0 bridgehead atoms. The molecular formula is C23H34FN5OS. The zero-order valence-corrected chi connectivity index (χ0v) is 19.6. The fraction of sp³-hybridized carbons (Fsp3) is 0.565. The summed E-state index contributed by atoms with van der Waals surface area (Å²) in [6.45, 7) is 11.7. The van der Waals surface area contributed by atoms with Gasteiger partial charge in [0.1, 0.15) is 5.82 Å². The van der Waals surface area contributed by atoms with E-state index in [4.69, 9.17) is 14.7 Å². The summed E-state index contributed by atoms with van der Waals surface area (Å²) >= 11 is 1.73. The van der Waals surface area contributed by atoms with Crippen molar-refractivity contribution in [3.63, 3.8) is 0 Å². The van der Waals surface area contributed by atoms with Crippen LogP contribution in [-0.2, 0) is 11.2 Å².